The van der Waals surface area contributed by atoms with Gasteiger partial charge in [-0.25, -0.2) is 0 Å². The van der Waals surface area contributed by atoms with Gasteiger partial charge in [0.1, 0.15) is 11.2 Å². The molecule has 0 heterocycles. The van der Waals surface area contributed by atoms with Gasteiger partial charge < -0.3 is 69.6 Å². The molecule has 0 aliphatic heterocycles. The van der Waals surface area contributed by atoms with E-state index in [1.165, 1.54) is 0 Å². The number of aliphatic carboxylic acids is 6. The summed E-state index contributed by atoms with van der Waals surface area (Å²) in [6, 6.07) is 0. The smallest absolute Gasteiger partial charge is 0.114 e. The van der Waals surface area contributed by atoms with Crippen LogP contribution in [0.2, 0.25) is 0 Å². The molecule has 2 N–H and O–H groups in total. The Labute approximate surface area is 251 Å². The average molecular weight is 498 g/mol. The summed E-state index contributed by atoms with van der Waals surface area (Å²) in [5.74, 6) is -12.0. The maximum absolute atomic E-state index is 10.1. The molecule has 0 amide bonds. The zero-order chi connectivity index (χ0) is 21.3. The molecule has 6 radical (unpaired) electrons. The fourth-order valence-electron chi connectivity index (χ4n) is 1.37. The van der Waals surface area contributed by atoms with Crippen LogP contribution in [0.1, 0.15) is 25.7 Å². The van der Waals surface area contributed by atoms with Crippen LogP contribution in [0.25, 0.3) is 0 Å². The minimum atomic E-state index is -2.97. The summed E-state index contributed by atoms with van der Waals surface area (Å²) < 4.78 is 0. The van der Waals surface area contributed by atoms with E-state index in [4.69, 9.17) is 10.2 Å². The van der Waals surface area contributed by atoms with E-state index in [0.29, 0.717) is 0 Å². The van der Waals surface area contributed by atoms with Crippen molar-refractivity contribution in [2.45, 2.75) is 36.9 Å². The minimum Gasteiger partial charge on any atom is -0.550 e. The largest absolute Gasteiger partial charge is 0.550 e. The average Bonchev–Trinajstić information content (AvgIpc) is 2.34. The van der Waals surface area contributed by atoms with Crippen LogP contribution >= 0.6 is 0 Å². The number of carboxylic acids is 6. The van der Waals surface area contributed by atoms with Crippen molar-refractivity contribution in [1.29, 1.82) is 0 Å². The van der Waals surface area contributed by atoms with Crippen LogP contribution in [0.3, 0.4) is 0 Å². The third-order valence-electron chi connectivity index (χ3n) is 2.51. The van der Waals surface area contributed by atoms with E-state index in [1.54, 1.807) is 0 Å². The summed E-state index contributed by atoms with van der Waals surface area (Å²) in [7, 11) is 0. The van der Waals surface area contributed by atoms with Crippen molar-refractivity contribution in [3.05, 3.63) is 0 Å². The number of carbonyl (C=O) groups is 6. The number of carboxylic acid groups (broad SMARTS) is 6. The predicted octanol–water partition coefficient (Wildman–Crippen LogP) is -11.6. The first-order chi connectivity index (χ1) is 11.6. The van der Waals surface area contributed by atoms with Crippen LogP contribution in [0.4, 0.5) is 0 Å². The molecule has 0 saturated heterocycles. The van der Waals surface area contributed by atoms with Crippen molar-refractivity contribution >= 4 is 149 Å². The molecule has 0 fully saturated rings. The molecule has 0 rings (SSSR count). The van der Waals surface area contributed by atoms with Gasteiger partial charge in [0.15, 0.2) is 0 Å². The van der Waals surface area contributed by atoms with Crippen LogP contribution < -0.4 is 30.6 Å². The van der Waals surface area contributed by atoms with Crippen molar-refractivity contribution in [2.24, 2.45) is 0 Å². The molecule has 0 aromatic heterocycles. The van der Waals surface area contributed by atoms with E-state index in [1.807, 2.05) is 0 Å². The Morgan fingerprint density at radius 1 is 0.483 bits per heavy atom. The van der Waals surface area contributed by atoms with E-state index < -0.39 is 72.7 Å². The number of hydrogen-bond donors (Lipinski definition) is 2. The Kier molecular flexibility index (Phi) is 25.0. The van der Waals surface area contributed by atoms with E-state index in [0.717, 1.165) is 0 Å². The Balaban J connectivity index is -0.000000120. The summed E-state index contributed by atoms with van der Waals surface area (Å²) in [5.41, 5.74) is -5.95. The molecule has 14 nitrogen and oxygen atoms in total. The number of carbonyl (C=O) groups excluding carboxylic acids is 6. The van der Waals surface area contributed by atoms with Crippen LogP contribution in [0, 0.1) is 0 Å². The van der Waals surface area contributed by atoms with Crippen LogP contribution in [-0.4, -0.2) is 170 Å². The Morgan fingerprint density at radius 2 is 0.621 bits per heavy atom. The summed E-state index contributed by atoms with van der Waals surface area (Å²) in [4.78, 5) is 60.0. The van der Waals surface area contributed by atoms with Gasteiger partial charge in [0, 0.05) is 163 Å². The zero-order valence-electron chi connectivity index (χ0n) is 14.7. The van der Waals surface area contributed by atoms with Crippen LogP contribution in [0.5, 0.6) is 0 Å². The molecule has 29 heavy (non-hydrogen) atoms. The maximum Gasteiger partial charge on any atom is 0.114 e. The molecule has 0 spiro atoms. The molecule has 0 aromatic carbocycles. The molecular formula is C12H10Ca3O14-6. The summed E-state index contributed by atoms with van der Waals surface area (Å²) in [5, 5.41) is 77.9. The molecule has 0 aliphatic carbocycles. The van der Waals surface area contributed by atoms with Gasteiger partial charge in [-0.1, -0.05) is 0 Å². The van der Waals surface area contributed by atoms with Gasteiger partial charge in [0.2, 0.25) is 0 Å². The summed E-state index contributed by atoms with van der Waals surface area (Å²) in [6.45, 7) is 0. The summed E-state index contributed by atoms with van der Waals surface area (Å²) in [6.07, 6.45) is -5.43. The Bertz CT molecular complexity index is 521. The first kappa shape index (κ1) is 39.9. The SMILES string of the molecule is O=C([O-])CC(O)(CC(=O)[O-])C(=O)[O-].O=C([O-])CC(O)(CC(=O)[O-])C(=O)[O-].[Ca].[Ca].[Ca]. The normalized spacial score (nSPS) is 9.72. The number of aliphatic hydroxyl groups is 2. The van der Waals surface area contributed by atoms with Crippen molar-refractivity contribution in [1.82, 2.24) is 0 Å². The van der Waals surface area contributed by atoms with E-state index >= 15 is 0 Å². The van der Waals surface area contributed by atoms with Gasteiger partial charge in [0.25, 0.3) is 0 Å². The van der Waals surface area contributed by atoms with E-state index in [2.05, 4.69) is 0 Å². The molecular weight excluding hydrogens is 488 g/mol. The van der Waals surface area contributed by atoms with Gasteiger partial charge in [-0.3, -0.25) is 0 Å². The van der Waals surface area contributed by atoms with Gasteiger partial charge in [-0.2, -0.15) is 0 Å². The third kappa shape index (κ3) is 19.0. The molecule has 154 valence electrons. The fourth-order valence-corrected chi connectivity index (χ4v) is 1.37. The molecule has 0 unspecified atom stereocenters. The molecule has 0 aliphatic rings. The van der Waals surface area contributed by atoms with Crippen LogP contribution in [0.15, 0.2) is 0 Å². The van der Waals surface area contributed by atoms with Gasteiger partial charge in [-0.15, -0.1) is 0 Å². The third-order valence-corrected chi connectivity index (χ3v) is 2.51. The Morgan fingerprint density at radius 3 is 0.690 bits per heavy atom. The summed E-state index contributed by atoms with van der Waals surface area (Å²) >= 11 is 0. The fraction of sp³-hybridized carbons (Fsp3) is 0.500. The Hall–Kier alpha value is 0.519. The molecule has 0 bridgehead atoms. The monoisotopic (exact) mass is 498 g/mol. The van der Waals surface area contributed by atoms with Crippen molar-refractivity contribution in [3.8, 4) is 0 Å². The maximum atomic E-state index is 10.1. The van der Waals surface area contributed by atoms with Gasteiger partial charge >= 0.3 is 0 Å². The van der Waals surface area contributed by atoms with Gasteiger partial charge in [-0.05, 0) is 0 Å². The van der Waals surface area contributed by atoms with E-state index in [-0.39, 0.29) is 113 Å². The number of hydrogen-bond acceptors (Lipinski definition) is 14. The second kappa shape index (κ2) is 18.1. The predicted molar refractivity (Wildman–Crippen MR) is 75.7 cm³/mol. The standard InChI is InChI=1S/2C6H8O7.3Ca/c2*7-3(8)1-6(13,5(11)12)2-4(9)10;;;/h2*13H,1-2H2,(H,7,8)(H,9,10)(H,11,12);;;/p-6. The first-order valence-corrected chi connectivity index (χ1v) is 6.23. The molecule has 0 atom stereocenters. The molecule has 0 saturated carbocycles. The van der Waals surface area contributed by atoms with Crippen molar-refractivity contribution in [2.75, 3.05) is 0 Å². The quantitative estimate of drug-likeness (QED) is 0.264. The van der Waals surface area contributed by atoms with Crippen molar-refractivity contribution < 1.29 is 69.6 Å². The number of rotatable bonds is 10. The molecule has 0 aromatic rings. The minimum absolute atomic E-state index is 0. The van der Waals surface area contributed by atoms with E-state index in [9.17, 15) is 59.4 Å². The second-order valence-corrected chi connectivity index (χ2v) is 4.83. The van der Waals surface area contributed by atoms with Crippen molar-refractivity contribution in [3.63, 3.8) is 0 Å². The zero-order valence-corrected chi connectivity index (χ0v) is 21.4. The van der Waals surface area contributed by atoms with Gasteiger partial charge in [0.05, 0.1) is 11.9 Å². The molecule has 17 heteroatoms. The van der Waals surface area contributed by atoms with Crippen LogP contribution in [-0.2, 0) is 28.8 Å². The first-order valence-electron chi connectivity index (χ1n) is 6.23. The second-order valence-electron chi connectivity index (χ2n) is 4.83. The topological polar surface area (TPSA) is 281 Å².